The molecular weight excluding hydrogens is 296 g/mol. The van der Waals surface area contributed by atoms with E-state index in [1.165, 1.54) is 6.07 Å². The molecule has 23 heavy (non-hydrogen) atoms. The maximum atomic E-state index is 11.2. The van der Waals surface area contributed by atoms with E-state index < -0.39 is 4.92 Å². The Balaban J connectivity index is 1.95. The van der Waals surface area contributed by atoms with Crippen molar-refractivity contribution >= 4 is 11.4 Å². The Bertz CT molecular complexity index is 711. The minimum atomic E-state index is -0.394. The number of methoxy groups -OCH3 is 1. The van der Waals surface area contributed by atoms with E-state index in [4.69, 9.17) is 9.47 Å². The molecule has 1 aliphatic heterocycles. The van der Waals surface area contributed by atoms with Crippen LogP contribution in [0.4, 0.5) is 11.4 Å². The van der Waals surface area contributed by atoms with Gasteiger partial charge in [0.05, 0.1) is 18.1 Å². The summed E-state index contributed by atoms with van der Waals surface area (Å²) in [4.78, 5) is 12.9. The Morgan fingerprint density at radius 1 is 1.09 bits per heavy atom. The monoisotopic (exact) mass is 314 g/mol. The molecule has 1 heterocycles. The summed E-state index contributed by atoms with van der Waals surface area (Å²) in [7, 11) is 1.56. The summed E-state index contributed by atoms with van der Waals surface area (Å²) in [5.74, 6) is 1.55. The molecule has 0 atom stereocenters. The zero-order valence-corrected chi connectivity index (χ0v) is 12.9. The summed E-state index contributed by atoms with van der Waals surface area (Å²) in [6, 6.07) is 12.1. The average molecular weight is 314 g/mol. The average Bonchev–Trinajstić information content (AvgIpc) is 3.09. The quantitative estimate of drug-likeness (QED) is 0.616. The van der Waals surface area contributed by atoms with Crippen molar-refractivity contribution < 1.29 is 14.4 Å². The second-order valence-electron chi connectivity index (χ2n) is 5.39. The third kappa shape index (κ3) is 3.36. The molecule has 1 saturated heterocycles. The molecule has 2 aromatic rings. The third-order valence-electron chi connectivity index (χ3n) is 3.85. The molecule has 0 radical (unpaired) electrons. The molecule has 6 nitrogen and oxygen atoms in total. The van der Waals surface area contributed by atoms with Gasteiger partial charge in [-0.05, 0) is 25.0 Å². The van der Waals surface area contributed by atoms with E-state index in [-0.39, 0.29) is 5.69 Å². The lowest BCUT2D eigenvalue weighted by Crippen LogP contribution is -2.17. The lowest BCUT2D eigenvalue weighted by molar-refractivity contribution is -0.384. The largest absolute Gasteiger partial charge is 0.493 e. The molecule has 0 bridgehead atoms. The van der Waals surface area contributed by atoms with E-state index in [1.807, 2.05) is 18.2 Å². The molecule has 3 rings (SSSR count). The minimum absolute atomic E-state index is 0.0271. The third-order valence-corrected chi connectivity index (χ3v) is 3.85. The summed E-state index contributed by atoms with van der Waals surface area (Å²) in [5, 5.41) is 11.2. The van der Waals surface area contributed by atoms with Gasteiger partial charge in [-0.2, -0.15) is 0 Å². The summed E-state index contributed by atoms with van der Waals surface area (Å²) in [5.41, 5.74) is 0.848. The molecular formula is C17H18N2O4. The van der Waals surface area contributed by atoms with Crippen LogP contribution in [-0.2, 0) is 0 Å². The van der Waals surface area contributed by atoms with Crippen molar-refractivity contribution in [1.29, 1.82) is 0 Å². The normalized spacial score (nSPS) is 13.9. The first kappa shape index (κ1) is 15.1. The summed E-state index contributed by atoms with van der Waals surface area (Å²) >= 11 is 0. The molecule has 0 spiro atoms. The lowest BCUT2D eigenvalue weighted by Gasteiger charge is -2.18. The van der Waals surface area contributed by atoms with Gasteiger partial charge >= 0.3 is 0 Å². The highest BCUT2D eigenvalue weighted by atomic mass is 16.6. The number of ether oxygens (including phenoxy) is 2. The Morgan fingerprint density at radius 2 is 1.78 bits per heavy atom. The number of anilines is 1. The standard InChI is InChI=1S/C17H18N2O4/c1-22-16-6-2-3-7-17(16)23-15-11-13(18-8-4-5-9-18)10-14(12-15)19(20)21/h2-3,6-7,10-12H,4-5,8-9H2,1H3. The number of nitro groups is 1. The SMILES string of the molecule is COc1ccccc1Oc1cc(N2CCCC2)cc([N+](=O)[O-])c1. The molecule has 120 valence electrons. The van der Waals surface area contributed by atoms with Gasteiger partial charge in [0.1, 0.15) is 5.75 Å². The second-order valence-corrected chi connectivity index (χ2v) is 5.39. The molecule has 0 N–H and O–H groups in total. The van der Waals surface area contributed by atoms with Crippen molar-refractivity contribution in [2.75, 3.05) is 25.1 Å². The smallest absolute Gasteiger partial charge is 0.275 e. The maximum absolute atomic E-state index is 11.2. The van der Waals surface area contributed by atoms with Crippen LogP contribution < -0.4 is 14.4 Å². The number of nitrogens with zero attached hydrogens (tertiary/aromatic N) is 2. The lowest BCUT2D eigenvalue weighted by atomic mass is 10.2. The highest BCUT2D eigenvalue weighted by molar-refractivity contribution is 5.59. The molecule has 6 heteroatoms. The van der Waals surface area contributed by atoms with E-state index >= 15 is 0 Å². The molecule has 0 saturated carbocycles. The Hall–Kier alpha value is -2.76. The summed E-state index contributed by atoms with van der Waals surface area (Å²) in [6.45, 7) is 1.82. The number of non-ortho nitro benzene ring substituents is 1. The Morgan fingerprint density at radius 3 is 2.43 bits per heavy atom. The number of para-hydroxylation sites is 2. The Labute approximate surface area is 134 Å². The van der Waals surface area contributed by atoms with Crippen LogP contribution in [0.5, 0.6) is 17.2 Å². The Kier molecular flexibility index (Phi) is 4.32. The van der Waals surface area contributed by atoms with Crippen LogP contribution >= 0.6 is 0 Å². The van der Waals surface area contributed by atoms with Gasteiger partial charge in [-0.3, -0.25) is 10.1 Å². The highest BCUT2D eigenvalue weighted by Crippen LogP contribution is 2.36. The first-order valence-corrected chi connectivity index (χ1v) is 7.52. The van der Waals surface area contributed by atoms with Gasteiger partial charge in [0.2, 0.25) is 0 Å². The fourth-order valence-electron chi connectivity index (χ4n) is 2.72. The number of benzene rings is 2. The maximum Gasteiger partial charge on any atom is 0.275 e. The van der Waals surface area contributed by atoms with Crippen LogP contribution in [0.25, 0.3) is 0 Å². The zero-order chi connectivity index (χ0) is 16.2. The minimum Gasteiger partial charge on any atom is -0.493 e. The van der Waals surface area contributed by atoms with E-state index in [0.717, 1.165) is 31.6 Å². The van der Waals surface area contributed by atoms with Crippen molar-refractivity contribution in [3.63, 3.8) is 0 Å². The van der Waals surface area contributed by atoms with Gasteiger partial charge in [0.25, 0.3) is 5.69 Å². The number of hydrogen-bond acceptors (Lipinski definition) is 5. The highest BCUT2D eigenvalue weighted by Gasteiger charge is 2.18. The van der Waals surface area contributed by atoms with Crippen molar-refractivity contribution in [2.24, 2.45) is 0 Å². The molecule has 0 aliphatic carbocycles. The van der Waals surface area contributed by atoms with Gasteiger partial charge < -0.3 is 14.4 Å². The predicted molar refractivity (Wildman–Crippen MR) is 87.6 cm³/mol. The molecule has 0 amide bonds. The van der Waals surface area contributed by atoms with Crippen LogP contribution in [0.1, 0.15) is 12.8 Å². The van der Waals surface area contributed by atoms with Crippen LogP contribution in [0.3, 0.4) is 0 Å². The summed E-state index contributed by atoms with van der Waals surface area (Å²) in [6.07, 6.45) is 2.21. The van der Waals surface area contributed by atoms with Gasteiger partial charge in [-0.25, -0.2) is 0 Å². The van der Waals surface area contributed by atoms with Gasteiger partial charge in [0, 0.05) is 30.9 Å². The van der Waals surface area contributed by atoms with Crippen molar-refractivity contribution in [3.05, 3.63) is 52.6 Å². The fourth-order valence-corrected chi connectivity index (χ4v) is 2.72. The van der Waals surface area contributed by atoms with Gasteiger partial charge in [0.15, 0.2) is 11.5 Å². The molecule has 1 aliphatic rings. The van der Waals surface area contributed by atoms with E-state index in [1.54, 1.807) is 25.3 Å². The van der Waals surface area contributed by atoms with E-state index in [0.29, 0.717) is 17.2 Å². The van der Waals surface area contributed by atoms with E-state index in [9.17, 15) is 10.1 Å². The number of nitro benzene ring substituents is 1. The van der Waals surface area contributed by atoms with Crippen LogP contribution in [-0.4, -0.2) is 25.1 Å². The van der Waals surface area contributed by atoms with Crippen molar-refractivity contribution in [1.82, 2.24) is 0 Å². The van der Waals surface area contributed by atoms with Crippen LogP contribution in [0.2, 0.25) is 0 Å². The predicted octanol–water partition coefficient (Wildman–Crippen LogP) is 4.00. The first-order valence-electron chi connectivity index (χ1n) is 7.52. The van der Waals surface area contributed by atoms with Crippen LogP contribution in [0, 0.1) is 10.1 Å². The molecule has 0 unspecified atom stereocenters. The van der Waals surface area contributed by atoms with Gasteiger partial charge in [-0.1, -0.05) is 12.1 Å². The zero-order valence-electron chi connectivity index (χ0n) is 12.9. The topological polar surface area (TPSA) is 64.8 Å². The second kappa shape index (κ2) is 6.56. The van der Waals surface area contributed by atoms with Gasteiger partial charge in [-0.15, -0.1) is 0 Å². The molecule has 0 aromatic heterocycles. The number of hydrogen-bond donors (Lipinski definition) is 0. The van der Waals surface area contributed by atoms with Crippen LogP contribution in [0.15, 0.2) is 42.5 Å². The number of rotatable bonds is 5. The summed E-state index contributed by atoms with van der Waals surface area (Å²) < 4.78 is 11.1. The fraction of sp³-hybridized carbons (Fsp3) is 0.294. The molecule has 2 aromatic carbocycles. The van der Waals surface area contributed by atoms with E-state index in [2.05, 4.69) is 4.90 Å². The first-order chi connectivity index (χ1) is 11.2. The van der Waals surface area contributed by atoms with Crippen molar-refractivity contribution in [2.45, 2.75) is 12.8 Å². The molecule has 1 fully saturated rings. The van der Waals surface area contributed by atoms with Crippen molar-refractivity contribution in [3.8, 4) is 17.2 Å².